The largest absolute Gasteiger partial charge is 0.411 e. The molecule has 0 spiro atoms. The third-order valence-electron chi connectivity index (χ3n) is 8.48. The molecule has 0 radical (unpaired) electrons. The summed E-state index contributed by atoms with van der Waals surface area (Å²) in [5.74, 6) is 0. The number of aliphatic hydroxyl groups excluding tert-OH is 1. The van der Waals surface area contributed by atoms with Crippen molar-refractivity contribution < 1.29 is 14.0 Å². The Balaban J connectivity index is 5.60. The molecule has 3 nitrogen and oxygen atoms in total. The van der Waals surface area contributed by atoms with E-state index in [0.29, 0.717) is 6.42 Å². The van der Waals surface area contributed by atoms with Crippen molar-refractivity contribution in [3.05, 3.63) is 12.7 Å². The van der Waals surface area contributed by atoms with Gasteiger partial charge in [-0.3, -0.25) is 0 Å². The van der Waals surface area contributed by atoms with Gasteiger partial charge in [-0.1, -0.05) is 106 Å². The summed E-state index contributed by atoms with van der Waals surface area (Å²) in [5.41, 5.74) is 0. The van der Waals surface area contributed by atoms with Gasteiger partial charge in [0.05, 0.1) is 18.3 Å². The molecule has 35 heavy (non-hydrogen) atoms. The van der Waals surface area contributed by atoms with Gasteiger partial charge in [0.2, 0.25) is 0 Å². The van der Waals surface area contributed by atoms with E-state index in [9.17, 15) is 5.11 Å². The lowest BCUT2D eigenvalue weighted by Gasteiger charge is -2.45. The number of unbranched alkanes of at least 4 members (excludes halogenated alkanes) is 7. The molecule has 210 valence electrons. The molecule has 0 aliphatic carbocycles. The van der Waals surface area contributed by atoms with Crippen LogP contribution < -0.4 is 0 Å². The van der Waals surface area contributed by atoms with Gasteiger partial charge in [-0.25, -0.2) is 0 Å². The highest BCUT2D eigenvalue weighted by atomic mass is 28.4. The summed E-state index contributed by atoms with van der Waals surface area (Å²) in [6.07, 6.45) is 15.4. The van der Waals surface area contributed by atoms with E-state index >= 15 is 0 Å². The van der Waals surface area contributed by atoms with Crippen LogP contribution in [0.25, 0.3) is 0 Å². The zero-order valence-corrected chi connectivity index (χ0v) is 27.8. The lowest BCUT2D eigenvalue weighted by Crippen LogP contribution is -2.52. The molecule has 0 aliphatic rings. The Morgan fingerprint density at radius 2 is 1.09 bits per heavy atom. The minimum Gasteiger partial charge on any atom is -0.411 e. The lowest BCUT2D eigenvalue weighted by atomic mass is 9.99. The van der Waals surface area contributed by atoms with E-state index in [1.807, 2.05) is 6.08 Å². The van der Waals surface area contributed by atoms with E-state index < -0.39 is 16.6 Å². The third-order valence-corrected chi connectivity index (χ3v) is 17.5. The van der Waals surface area contributed by atoms with Gasteiger partial charge in [-0.15, -0.1) is 6.58 Å². The molecular weight excluding hydrogens is 464 g/mol. The molecule has 0 aromatic carbocycles. The fraction of sp³-hybridized carbons (Fsp3) is 0.933. The van der Waals surface area contributed by atoms with Crippen molar-refractivity contribution in [3.63, 3.8) is 0 Å². The average molecular weight is 529 g/mol. The van der Waals surface area contributed by atoms with Crippen molar-refractivity contribution in [3.8, 4) is 0 Å². The van der Waals surface area contributed by atoms with Gasteiger partial charge in [-0.2, -0.15) is 0 Å². The maximum absolute atomic E-state index is 10.5. The Morgan fingerprint density at radius 1 is 0.686 bits per heavy atom. The van der Waals surface area contributed by atoms with Crippen molar-refractivity contribution in [2.75, 3.05) is 0 Å². The van der Waals surface area contributed by atoms with Gasteiger partial charge >= 0.3 is 0 Å². The van der Waals surface area contributed by atoms with Gasteiger partial charge in [0.1, 0.15) is 0 Å². The fourth-order valence-electron chi connectivity index (χ4n) is 3.90. The summed E-state index contributed by atoms with van der Waals surface area (Å²) in [6, 6.07) is 0. The van der Waals surface area contributed by atoms with Crippen molar-refractivity contribution in [1.29, 1.82) is 0 Å². The molecule has 0 aliphatic heterocycles. The van der Waals surface area contributed by atoms with Crippen LogP contribution in [0.5, 0.6) is 0 Å². The second-order valence-electron chi connectivity index (χ2n) is 13.9. The molecule has 0 fully saturated rings. The summed E-state index contributed by atoms with van der Waals surface area (Å²) >= 11 is 0. The molecule has 0 amide bonds. The Labute approximate surface area is 223 Å². The van der Waals surface area contributed by atoms with Gasteiger partial charge in [-0.05, 0) is 61.9 Å². The van der Waals surface area contributed by atoms with Crippen LogP contribution in [0.4, 0.5) is 0 Å². The topological polar surface area (TPSA) is 38.7 Å². The van der Waals surface area contributed by atoms with Crippen LogP contribution >= 0.6 is 0 Å². The van der Waals surface area contributed by atoms with Gasteiger partial charge in [0.25, 0.3) is 0 Å². The SMILES string of the molecule is C=CC[C@H](O)CC[C@H](O[Si](C)(C)C(C)(C)C)[C@H](CCCCCCCCCC)O[Si](C)(C)C(C)(C)C. The Bertz CT molecular complexity index is 561. The van der Waals surface area contributed by atoms with Crippen molar-refractivity contribution in [1.82, 2.24) is 0 Å². The normalized spacial score (nSPS) is 16.2. The highest BCUT2D eigenvalue weighted by Gasteiger charge is 2.44. The van der Waals surface area contributed by atoms with Gasteiger partial charge < -0.3 is 14.0 Å². The molecule has 5 heteroatoms. The Kier molecular flexibility index (Phi) is 16.1. The summed E-state index contributed by atoms with van der Waals surface area (Å²) in [7, 11) is -3.94. The van der Waals surface area contributed by atoms with Crippen LogP contribution in [0.3, 0.4) is 0 Å². The first kappa shape index (κ1) is 35.1. The van der Waals surface area contributed by atoms with Gasteiger partial charge in [0, 0.05) is 0 Å². The van der Waals surface area contributed by atoms with Crippen molar-refractivity contribution >= 4 is 16.6 Å². The first-order chi connectivity index (χ1) is 16.0. The summed E-state index contributed by atoms with van der Waals surface area (Å²) < 4.78 is 14.2. The first-order valence-electron chi connectivity index (χ1n) is 14.6. The maximum atomic E-state index is 10.5. The van der Waals surface area contributed by atoms with E-state index in [-0.39, 0.29) is 28.4 Å². The minimum atomic E-state index is -1.98. The number of aliphatic hydroxyl groups is 1. The van der Waals surface area contributed by atoms with E-state index in [1.165, 1.54) is 51.4 Å². The van der Waals surface area contributed by atoms with E-state index in [1.54, 1.807) is 0 Å². The minimum absolute atomic E-state index is 0.0361. The number of rotatable bonds is 19. The number of hydrogen-bond acceptors (Lipinski definition) is 3. The van der Waals surface area contributed by atoms with Crippen LogP contribution in [-0.4, -0.2) is 40.1 Å². The van der Waals surface area contributed by atoms with Crippen LogP contribution in [0.2, 0.25) is 36.3 Å². The fourth-order valence-corrected chi connectivity index (χ4v) is 6.66. The quantitative estimate of drug-likeness (QED) is 0.103. The van der Waals surface area contributed by atoms with Gasteiger partial charge in [0.15, 0.2) is 16.6 Å². The van der Waals surface area contributed by atoms with Crippen LogP contribution in [0, 0.1) is 0 Å². The average Bonchev–Trinajstić information content (AvgIpc) is 2.70. The second-order valence-corrected chi connectivity index (χ2v) is 23.4. The van der Waals surface area contributed by atoms with Crippen molar-refractivity contribution in [2.45, 2.75) is 180 Å². The standard InChI is InChI=1S/C30H64O3Si2/c1-13-15-16-17-18-19-20-21-23-27(32-34(9,10)29(3,4)5)28(25-24-26(31)22-14-2)33-35(11,12)30(6,7)8/h14,26-28,31H,2,13,15-25H2,1,3-12H3/t26-,27-,28-/m0/s1. The smallest absolute Gasteiger partial charge is 0.192 e. The van der Waals surface area contributed by atoms with Crippen LogP contribution in [0.1, 0.15) is 126 Å². The van der Waals surface area contributed by atoms with Crippen LogP contribution in [-0.2, 0) is 8.85 Å². The highest BCUT2D eigenvalue weighted by Crippen LogP contribution is 2.41. The molecule has 0 saturated heterocycles. The molecular formula is C30H64O3Si2. The zero-order valence-electron chi connectivity index (χ0n) is 25.8. The molecule has 0 heterocycles. The predicted octanol–water partition coefficient (Wildman–Crippen LogP) is 10.0. The molecule has 0 saturated carbocycles. The molecule has 3 atom stereocenters. The first-order valence-corrected chi connectivity index (χ1v) is 20.4. The third kappa shape index (κ3) is 14.0. The summed E-state index contributed by atoms with van der Waals surface area (Å²) in [6.45, 7) is 29.4. The summed E-state index contributed by atoms with van der Waals surface area (Å²) in [5, 5.41) is 10.8. The second kappa shape index (κ2) is 16.1. The number of hydrogen-bond donors (Lipinski definition) is 1. The van der Waals surface area contributed by atoms with E-state index in [2.05, 4.69) is 81.2 Å². The molecule has 0 aromatic rings. The molecule has 1 N–H and O–H groups in total. The van der Waals surface area contributed by atoms with Crippen LogP contribution in [0.15, 0.2) is 12.7 Å². The molecule has 0 aromatic heterocycles. The lowest BCUT2D eigenvalue weighted by molar-refractivity contribution is 0.0149. The zero-order chi connectivity index (χ0) is 27.3. The maximum Gasteiger partial charge on any atom is 0.192 e. The Hall–Kier alpha value is 0.0538. The van der Waals surface area contributed by atoms with E-state index in [4.69, 9.17) is 8.85 Å². The summed E-state index contributed by atoms with van der Waals surface area (Å²) in [4.78, 5) is 0. The Morgan fingerprint density at radius 3 is 1.49 bits per heavy atom. The van der Waals surface area contributed by atoms with E-state index in [0.717, 1.165) is 19.3 Å². The highest BCUT2D eigenvalue weighted by molar-refractivity contribution is 6.74. The van der Waals surface area contributed by atoms with Crippen molar-refractivity contribution in [2.24, 2.45) is 0 Å². The monoisotopic (exact) mass is 528 g/mol. The molecule has 0 rings (SSSR count). The molecule has 0 unspecified atom stereocenters. The predicted molar refractivity (Wildman–Crippen MR) is 161 cm³/mol. The molecule has 0 bridgehead atoms.